The van der Waals surface area contributed by atoms with Gasteiger partial charge in [0.15, 0.2) is 5.65 Å². The Balaban J connectivity index is 2.39. The van der Waals surface area contributed by atoms with Crippen molar-refractivity contribution in [2.24, 2.45) is 0 Å². The first kappa shape index (κ1) is 17.7. The van der Waals surface area contributed by atoms with Crippen molar-refractivity contribution in [2.75, 3.05) is 5.73 Å². The summed E-state index contributed by atoms with van der Waals surface area (Å²) in [7, 11) is 0. The Kier molecular flexibility index (Phi) is 6.38. The summed E-state index contributed by atoms with van der Waals surface area (Å²) in [6.45, 7) is 4.33. The average Bonchev–Trinajstić information content (AvgIpc) is 2.83. The van der Waals surface area contributed by atoms with Crippen LogP contribution in [0.4, 0.5) is 5.95 Å². The van der Waals surface area contributed by atoms with Gasteiger partial charge in [-0.05, 0) is 12.8 Å². The molecule has 0 spiro atoms. The van der Waals surface area contributed by atoms with E-state index in [0.29, 0.717) is 10.3 Å². The molecule has 23 heavy (non-hydrogen) atoms. The van der Waals surface area contributed by atoms with Crippen LogP contribution in [0.1, 0.15) is 71.3 Å². The molecule has 2 aromatic heterocycles. The van der Waals surface area contributed by atoms with E-state index in [0.717, 1.165) is 62.7 Å². The van der Waals surface area contributed by atoms with Crippen LogP contribution in [0.15, 0.2) is 9.59 Å². The lowest BCUT2D eigenvalue weighted by Gasteiger charge is -2.18. The molecule has 2 aromatic rings. The van der Waals surface area contributed by atoms with Gasteiger partial charge in [-0.3, -0.25) is 19.1 Å². The molecule has 0 aliphatic rings. The van der Waals surface area contributed by atoms with Gasteiger partial charge in [0.05, 0.1) is 0 Å². The third-order valence-electron chi connectivity index (χ3n) is 4.14. The second-order valence-electron chi connectivity index (χ2n) is 5.99. The van der Waals surface area contributed by atoms with Crippen LogP contribution in [0.3, 0.4) is 0 Å². The molecule has 6 nitrogen and oxygen atoms in total. The average molecular weight is 338 g/mol. The highest BCUT2D eigenvalue weighted by molar-refractivity contribution is 7.16. The Hall–Kier alpha value is -1.63. The van der Waals surface area contributed by atoms with E-state index in [1.807, 2.05) is 0 Å². The summed E-state index contributed by atoms with van der Waals surface area (Å²) in [5.74, 6) is 0.0647. The van der Waals surface area contributed by atoms with Crippen molar-refractivity contribution in [2.45, 2.75) is 71.3 Å². The van der Waals surface area contributed by atoms with E-state index in [1.165, 1.54) is 0 Å². The van der Waals surface area contributed by atoms with Gasteiger partial charge in [-0.1, -0.05) is 63.7 Å². The van der Waals surface area contributed by atoms with Crippen LogP contribution in [-0.4, -0.2) is 14.5 Å². The predicted molar refractivity (Wildman–Crippen MR) is 96.2 cm³/mol. The summed E-state index contributed by atoms with van der Waals surface area (Å²) in [4.78, 5) is 31.0. The maximum atomic E-state index is 12.5. The monoisotopic (exact) mass is 338 g/mol. The van der Waals surface area contributed by atoms with Crippen LogP contribution >= 0.6 is 11.3 Å². The Bertz CT molecular complexity index is 737. The SMILES string of the molecule is CCCCCC(CCCCC)n1c(=O)sc2c(=O)[nH]c(N)nc21. The molecule has 2 heterocycles. The zero-order chi connectivity index (χ0) is 16.8. The summed E-state index contributed by atoms with van der Waals surface area (Å²) in [6, 6.07) is 0.100. The minimum Gasteiger partial charge on any atom is -0.369 e. The maximum absolute atomic E-state index is 12.5. The van der Waals surface area contributed by atoms with E-state index in [2.05, 4.69) is 23.8 Å². The van der Waals surface area contributed by atoms with Gasteiger partial charge in [-0.2, -0.15) is 4.98 Å². The van der Waals surface area contributed by atoms with Crippen LogP contribution in [0, 0.1) is 0 Å². The standard InChI is InChI=1S/C16H26N4O2S/c1-3-5-7-9-11(10-8-6-4-2)20-13-12(23-16(20)22)14(21)19-15(17)18-13/h11H,3-10H2,1-2H3,(H3,17,18,19,21). The second kappa shape index (κ2) is 8.29. The van der Waals surface area contributed by atoms with Crippen molar-refractivity contribution >= 4 is 27.6 Å². The molecule has 0 amide bonds. The van der Waals surface area contributed by atoms with Crippen molar-refractivity contribution in [3.05, 3.63) is 20.0 Å². The first-order valence-corrected chi connectivity index (χ1v) is 9.31. The number of rotatable bonds is 9. The molecule has 7 heteroatoms. The van der Waals surface area contributed by atoms with Crippen LogP contribution < -0.4 is 16.2 Å². The van der Waals surface area contributed by atoms with E-state index in [9.17, 15) is 9.59 Å². The minimum absolute atomic E-state index is 0.0647. The molecule has 0 aliphatic carbocycles. The zero-order valence-electron chi connectivity index (χ0n) is 13.9. The number of fused-ring (bicyclic) bond motifs is 1. The molecular weight excluding hydrogens is 312 g/mol. The first-order chi connectivity index (χ1) is 11.1. The summed E-state index contributed by atoms with van der Waals surface area (Å²) in [6.07, 6.45) is 8.63. The normalized spacial score (nSPS) is 11.6. The van der Waals surface area contributed by atoms with Gasteiger partial charge in [0, 0.05) is 6.04 Å². The largest absolute Gasteiger partial charge is 0.369 e. The lowest BCUT2D eigenvalue weighted by atomic mass is 10.0. The lowest BCUT2D eigenvalue weighted by molar-refractivity contribution is 0.403. The number of nitrogens with two attached hydrogens (primary N) is 1. The zero-order valence-corrected chi connectivity index (χ0v) is 14.7. The van der Waals surface area contributed by atoms with Gasteiger partial charge in [-0.25, -0.2) is 0 Å². The van der Waals surface area contributed by atoms with Crippen LogP contribution in [-0.2, 0) is 0 Å². The van der Waals surface area contributed by atoms with Crippen molar-refractivity contribution in [3.63, 3.8) is 0 Å². The minimum atomic E-state index is -0.325. The molecule has 3 N–H and O–H groups in total. The number of unbranched alkanes of at least 4 members (excludes halogenated alkanes) is 4. The molecule has 0 saturated heterocycles. The smallest absolute Gasteiger partial charge is 0.309 e. The number of aromatic amines is 1. The molecule has 0 unspecified atom stereocenters. The van der Waals surface area contributed by atoms with E-state index >= 15 is 0 Å². The van der Waals surface area contributed by atoms with Crippen molar-refractivity contribution < 1.29 is 0 Å². The molecule has 0 atom stereocenters. The van der Waals surface area contributed by atoms with Gasteiger partial charge >= 0.3 is 4.87 Å². The van der Waals surface area contributed by atoms with Crippen molar-refractivity contribution in [1.82, 2.24) is 14.5 Å². The molecule has 0 aliphatic heterocycles. The van der Waals surface area contributed by atoms with Crippen LogP contribution in [0.5, 0.6) is 0 Å². The van der Waals surface area contributed by atoms with Crippen LogP contribution in [0.2, 0.25) is 0 Å². The number of nitrogens with one attached hydrogen (secondary N) is 1. The lowest BCUT2D eigenvalue weighted by Crippen LogP contribution is -2.21. The molecule has 128 valence electrons. The number of nitrogens with zero attached hydrogens (tertiary/aromatic N) is 2. The number of hydrogen-bond donors (Lipinski definition) is 2. The second-order valence-corrected chi connectivity index (χ2v) is 6.95. The topological polar surface area (TPSA) is 93.8 Å². The molecule has 0 bridgehead atoms. The number of nitrogen functional groups attached to an aromatic ring is 1. The van der Waals surface area contributed by atoms with Crippen molar-refractivity contribution in [1.29, 1.82) is 0 Å². The summed E-state index contributed by atoms with van der Waals surface area (Å²) < 4.78 is 2.08. The van der Waals surface area contributed by atoms with Gasteiger partial charge in [-0.15, -0.1) is 0 Å². The van der Waals surface area contributed by atoms with E-state index in [4.69, 9.17) is 5.73 Å². The number of aromatic nitrogens is 3. The number of anilines is 1. The first-order valence-electron chi connectivity index (χ1n) is 8.49. The molecule has 0 saturated carbocycles. The fourth-order valence-corrected chi connectivity index (χ4v) is 3.82. The third-order valence-corrected chi connectivity index (χ3v) is 5.08. The molecule has 0 radical (unpaired) electrons. The highest BCUT2D eigenvalue weighted by atomic mass is 32.1. The highest BCUT2D eigenvalue weighted by Crippen LogP contribution is 2.25. The molecule has 0 aromatic carbocycles. The van der Waals surface area contributed by atoms with E-state index in [-0.39, 0.29) is 22.4 Å². The third kappa shape index (κ3) is 4.22. The van der Waals surface area contributed by atoms with Crippen LogP contribution in [0.25, 0.3) is 10.3 Å². The summed E-state index contributed by atoms with van der Waals surface area (Å²) in [5.41, 5.74) is 5.79. The fraction of sp³-hybridized carbons (Fsp3) is 0.688. The molecular formula is C16H26N4O2S. The summed E-state index contributed by atoms with van der Waals surface area (Å²) >= 11 is 0.966. The van der Waals surface area contributed by atoms with E-state index in [1.54, 1.807) is 4.57 Å². The number of hydrogen-bond acceptors (Lipinski definition) is 5. The maximum Gasteiger partial charge on any atom is 0.309 e. The Morgan fingerprint density at radius 1 is 1.13 bits per heavy atom. The summed E-state index contributed by atoms with van der Waals surface area (Å²) in [5, 5.41) is 0. The van der Waals surface area contributed by atoms with E-state index < -0.39 is 0 Å². The quantitative estimate of drug-likeness (QED) is 0.685. The highest BCUT2D eigenvalue weighted by Gasteiger charge is 2.20. The van der Waals surface area contributed by atoms with Gasteiger partial charge in [0.1, 0.15) is 4.70 Å². The van der Waals surface area contributed by atoms with Crippen molar-refractivity contribution in [3.8, 4) is 0 Å². The van der Waals surface area contributed by atoms with Gasteiger partial charge < -0.3 is 5.73 Å². The fourth-order valence-electron chi connectivity index (χ4n) is 2.93. The molecule has 0 fully saturated rings. The number of thiazole rings is 1. The Labute approximate surface area is 139 Å². The Morgan fingerprint density at radius 3 is 2.30 bits per heavy atom. The predicted octanol–water partition coefficient (Wildman–Crippen LogP) is 3.43. The number of H-pyrrole nitrogens is 1. The Morgan fingerprint density at radius 2 is 1.74 bits per heavy atom. The molecule has 2 rings (SSSR count). The van der Waals surface area contributed by atoms with Gasteiger partial charge in [0.2, 0.25) is 5.95 Å². The van der Waals surface area contributed by atoms with Gasteiger partial charge in [0.25, 0.3) is 5.56 Å².